The standard InChI is InChI=1S/C18H19N5OS/c1-18(2,3)15-11-23-17(20-15)25-16(21-23)19-10-13-9-14(24-22-13)12-7-5-4-6-8-12/h4-9,11H,10H2,1-3H3,(H,19,21). The number of benzene rings is 1. The van der Waals surface area contributed by atoms with E-state index in [9.17, 15) is 0 Å². The van der Waals surface area contributed by atoms with Crippen LogP contribution >= 0.6 is 11.3 Å². The minimum atomic E-state index is 0.0234. The summed E-state index contributed by atoms with van der Waals surface area (Å²) >= 11 is 1.53. The van der Waals surface area contributed by atoms with Crippen LogP contribution in [-0.4, -0.2) is 19.8 Å². The van der Waals surface area contributed by atoms with Gasteiger partial charge in [0.05, 0.1) is 18.4 Å². The lowest BCUT2D eigenvalue weighted by molar-refractivity contribution is 0.424. The van der Waals surface area contributed by atoms with Gasteiger partial charge in [0, 0.05) is 17.0 Å². The zero-order chi connectivity index (χ0) is 17.4. The molecule has 4 aromatic rings. The lowest BCUT2D eigenvalue weighted by Gasteiger charge is -2.13. The SMILES string of the molecule is CC(C)(C)c1cn2nc(NCc3cc(-c4ccccc4)on3)sc2n1. The van der Waals surface area contributed by atoms with Crippen LogP contribution in [0.25, 0.3) is 16.3 Å². The Morgan fingerprint density at radius 3 is 2.72 bits per heavy atom. The minimum Gasteiger partial charge on any atom is -0.356 e. The van der Waals surface area contributed by atoms with E-state index in [1.165, 1.54) is 11.3 Å². The first kappa shape index (κ1) is 15.8. The van der Waals surface area contributed by atoms with E-state index in [0.29, 0.717) is 6.54 Å². The number of nitrogens with zero attached hydrogens (tertiary/aromatic N) is 4. The van der Waals surface area contributed by atoms with E-state index in [4.69, 9.17) is 4.52 Å². The second-order valence-electron chi connectivity index (χ2n) is 6.91. The molecule has 0 atom stereocenters. The van der Waals surface area contributed by atoms with E-state index in [-0.39, 0.29) is 5.41 Å². The van der Waals surface area contributed by atoms with Crippen molar-refractivity contribution in [3.05, 3.63) is 54.0 Å². The van der Waals surface area contributed by atoms with Gasteiger partial charge >= 0.3 is 0 Å². The summed E-state index contributed by atoms with van der Waals surface area (Å²) in [6, 6.07) is 11.9. The van der Waals surface area contributed by atoms with Gasteiger partial charge in [-0.2, -0.15) is 0 Å². The largest absolute Gasteiger partial charge is 0.356 e. The molecule has 0 fully saturated rings. The van der Waals surface area contributed by atoms with Gasteiger partial charge in [0.25, 0.3) is 0 Å². The molecule has 0 radical (unpaired) electrons. The second kappa shape index (κ2) is 6.00. The smallest absolute Gasteiger partial charge is 0.214 e. The van der Waals surface area contributed by atoms with Crippen LogP contribution in [0, 0.1) is 0 Å². The average Bonchev–Trinajstić information content (AvgIpc) is 3.27. The van der Waals surface area contributed by atoms with Crippen molar-refractivity contribution in [2.75, 3.05) is 5.32 Å². The number of aromatic nitrogens is 4. The number of anilines is 1. The molecular formula is C18H19N5OS. The zero-order valence-corrected chi connectivity index (χ0v) is 15.2. The van der Waals surface area contributed by atoms with Crippen LogP contribution < -0.4 is 5.32 Å². The molecule has 25 heavy (non-hydrogen) atoms. The first-order chi connectivity index (χ1) is 12.0. The van der Waals surface area contributed by atoms with Gasteiger partial charge in [0.1, 0.15) is 5.69 Å². The number of hydrogen-bond donors (Lipinski definition) is 1. The van der Waals surface area contributed by atoms with Gasteiger partial charge in [-0.1, -0.05) is 67.6 Å². The first-order valence-corrected chi connectivity index (χ1v) is 8.92. The first-order valence-electron chi connectivity index (χ1n) is 8.10. The number of nitrogens with one attached hydrogen (secondary N) is 1. The van der Waals surface area contributed by atoms with Gasteiger partial charge in [0.15, 0.2) is 5.76 Å². The molecule has 0 saturated heterocycles. The maximum atomic E-state index is 5.41. The molecule has 128 valence electrons. The average molecular weight is 353 g/mol. The van der Waals surface area contributed by atoms with Crippen molar-refractivity contribution in [3.8, 4) is 11.3 Å². The highest BCUT2D eigenvalue weighted by Crippen LogP contribution is 2.26. The van der Waals surface area contributed by atoms with Crippen molar-refractivity contribution in [2.45, 2.75) is 32.7 Å². The number of imidazole rings is 1. The maximum Gasteiger partial charge on any atom is 0.214 e. The fraction of sp³-hybridized carbons (Fsp3) is 0.278. The van der Waals surface area contributed by atoms with E-state index in [0.717, 1.165) is 32.8 Å². The quantitative estimate of drug-likeness (QED) is 0.590. The molecule has 0 spiro atoms. The van der Waals surface area contributed by atoms with Gasteiger partial charge in [-0.25, -0.2) is 9.50 Å². The highest BCUT2D eigenvalue weighted by atomic mass is 32.1. The Bertz CT molecular complexity index is 962. The predicted molar refractivity (Wildman–Crippen MR) is 98.8 cm³/mol. The third-order valence-corrected chi connectivity index (χ3v) is 4.73. The highest BCUT2D eigenvalue weighted by molar-refractivity contribution is 7.20. The monoisotopic (exact) mass is 353 g/mol. The molecule has 1 N–H and O–H groups in total. The van der Waals surface area contributed by atoms with E-state index in [1.54, 1.807) is 0 Å². The highest BCUT2D eigenvalue weighted by Gasteiger charge is 2.19. The third-order valence-electron chi connectivity index (χ3n) is 3.85. The molecular weight excluding hydrogens is 334 g/mol. The fourth-order valence-corrected chi connectivity index (χ4v) is 3.21. The second-order valence-corrected chi connectivity index (χ2v) is 7.87. The molecule has 0 saturated carbocycles. The summed E-state index contributed by atoms with van der Waals surface area (Å²) in [5.74, 6) is 0.765. The van der Waals surface area contributed by atoms with Crippen molar-refractivity contribution in [2.24, 2.45) is 0 Å². The van der Waals surface area contributed by atoms with Crippen molar-refractivity contribution in [3.63, 3.8) is 0 Å². The minimum absolute atomic E-state index is 0.0234. The predicted octanol–water partition coefficient (Wildman–Crippen LogP) is 4.36. The molecule has 6 nitrogen and oxygen atoms in total. The van der Waals surface area contributed by atoms with Gasteiger partial charge in [-0.05, 0) is 0 Å². The Hall–Kier alpha value is -2.67. The molecule has 7 heteroatoms. The molecule has 3 aromatic heterocycles. The van der Waals surface area contributed by atoms with Crippen LogP contribution in [0.15, 0.2) is 47.1 Å². The van der Waals surface area contributed by atoms with Crippen LogP contribution in [0.1, 0.15) is 32.2 Å². The topological polar surface area (TPSA) is 68.2 Å². The summed E-state index contributed by atoms with van der Waals surface area (Å²) in [6.45, 7) is 6.99. The van der Waals surface area contributed by atoms with Crippen LogP contribution in [0.2, 0.25) is 0 Å². The Balaban J connectivity index is 1.46. The summed E-state index contributed by atoms with van der Waals surface area (Å²) in [6.07, 6.45) is 1.99. The van der Waals surface area contributed by atoms with E-state index in [1.807, 2.05) is 47.1 Å². The van der Waals surface area contributed by atoms with E-state index < -0.39 is 0 Å². The Labute approximate surface area is 149 Å². The lowest BCUT2D eigenvalue weighted by atomic mass is 9.93. The normalized spacial score (nSPS) is 12.0. The van der Waals surface area contributed by atoms with E-state index in [2.05, 4.69) is 41.3 Å². The molecule has 3 heterocycles. The summed E-state index contributed by atoms with van der Waals surface area (Å²) in [5.41, 5.74) is 2.92. The molecule has 0 aliphatic rings. The molecule has 0 aliphatic heterocycles. The number of hydrogen-bond acceptors (Lipinski definition) is 6. The van der Waals surface area contributed by atoms with Gasteiger partial charge < -0.3 is 9.84 Å². The van der Waals surface area contributed by atoms with Crippen molar-refractivity contribution in [1.82, 2.24) is 19.8 Å². The van der Waals surface area contributed by atoms with Crippen molar-refractivity contribution < 1.29 is 4.52 Å². The van der Waals surface area contributed by atoms with Crippen LogP contribution in [0.5, 0.6) is 0 Å². The number of rotatable bonds is 4. The Morgan fingerprint density at radius 1 is 1.20 bits per heavy atom. The molecule has 0 unspecified atom stereocenters. The summed E-state index contributed by atoms with van der Waals surface area (Å²) in [5, 5.41) is 12.7. The summed E-state index contributed by atoms with van der Waals surface area (Å²) in [4.78, 5) is 5.53. The lowest BCUT2D eigenvalue weighted by Crippen LogP contribution is -2.11. The van der Waals surface area contributed by atoms with Gasteiger partial charge in [-0.15, -0.1) is 5.10 Å². The fourth-order valence-electron chi connectivity index (χ4n) is 2.43. The number of fused-ring (bicyclic) bond motifs is 1. The molecule has 1 aromatic carbocycles. The molecule has 0 bridgehead atoms. The van der Waals surface area contributed by atoms with Crippen LogP contribution in [0.4, 0.5) is 5.13 Å². The van der Waals surface area contributed by atoms with Crippen molar-refractivity contribution in [1.29, 1.82) is 0 Å². The van der Waals surface area contributed by atoms with Crippen LogP contribution in [0.3, 0.4) is 0 Å². The molecule has 0 amide bonds. The maximum absolute atomic E-state index is 5.41. The summed E-state index contributed by atoms with van der Waals surface area (Å²) < 4.78 is 7.24. The van der Waals surface area contributed by atoms with Gasteiger partial charge in [-0.3, -0.25) is 0 Å². The zero-order valence-electron chi connectivity index (χ0n) is 14.4. The third kappa shape index (κ3) is 3.28. The van der Waals surface area contributed by atoms with Crippen molar-refractivity contribution >= 4 is 21.4 Å². The summed E-state index contributed by atoms with van der Waals surface area (Å²) in [7, 11) is 0. The Morgan fingerprint density at radius 2 is 2.00 bits per heavy atom. The van der Waals surface area contributed by atoms with Gasteiger partial charge in [0.2, 0.25) is 10.1 Å². The Kier molecular flexibility index (Phi) is 3.80. The van der Waals surface area contributed by atoms with E-state index >= 15 is 0 Å². The van der Waals surface area contributed by atoms with Crippen LogP contribution in [-0.2, 0) is 12.0 Å². The molecule has 0 aliphatic carbocycles. The molecule has 4 rings (SSSR count).